The fourth-order valence-electron chi connectivity index (χ4n) is 2.02. The number of carbonyl (C=O) groups is 1. The van der Waals surface area contributed by atoms with Gasteiger partial charge in [0.2, 0.25) is 5.91 Å². The van der Waals surface area contributed by atoms with E-state index in [0.717, 1.165) is 24.5 Å². The van der Waals surface area contributed by atoms with Crippen molar-refractivity contribution in [1.82, 2.24) is 9.80 Å². The van der Waals surface area contributed by atoms with Gasteiger partial charge in [-0.05, 0) is 39.6 Å². The molecule has 0 aliphatic carbocycles. The number of amides is 1. The van der Waals surface area contributed by atoms with Crippen molar-refractivity contribution in [2.24, 2.45) is 5.73 Å². The number of nitrogens with two attached hydrogens (primary N) is 1. The van der Waals surface area contributed by atoms with E-state index in [1.165, 1.54) is 0 Å². The minimum atomic E-state index is -0.418. The molecule has 1 amide bonds. The lowest BCUT2D eigenvalue weighted by Crippen LogP contribution is -2.45. The lowest BCUT2D eigenvalue weighted by atomic mass is 10.1. The molecule has 5 nitrogen and oxygen atoms in total. The highest BCUT2D eigenvalue weighted by atomic mass is 16.3. The van der Waals surface area contributed by atoms with Gasteiger partial charge in [-0.2, -0.15) is 0 Å². The Bertz CT molecular complexity index is 415. The molecule has 2 N–H and O–H groups in total. The van der Waals surface area contributed by atoms with E-state index in [4.69, 9.17) is 10.2 Å². The van der Waals surface area contributed by atoms with Crippen LogP contribution in [0.5, 0.6) is 0 Å². The van der Waals surface area contributed by atoms with Crippen LogP contribution >= 0.6 is 0 Å². The Balaban J connectivity index is 2.70. The summed E-state index contributed by atoms with van der Waals surface area (Å²) in [6, 6.07) is 3.41. The van der Waals surface area contributed by atoms with Crippen molar-refractivity contribution < 1.29 is 9.21 Å². The molecule has 0 aliphatic heterocycles. The van der Waals surface area contributed by atoms with E-state index in [9.17, 15) is 4.79 Å². The van der Waals surface area contributed by atoms with Crippen molar-refractivity contribution >= 4 is 5.91 Å². The average molecular weight is 281 g/mol. The molecule has 0 radical (unpaired) electrons. The van der Waals surface area contributed by atoms with Crippen molar-refractivity contribution in [1.29, 1.82) is 0 Å². The maximum atomic E-state index is 12.4. The van der Waals surface area contributed by atoms with Crippen molar-refractivity contribution in [3.8, 4) is 0 Å². The third-order valence-electron chi connectivity index (χ3n) is 3.19. The molecule has 5 heteroatoms. The molecule has 0 saturated carbocycles. The van der Waals surface area contributed by atoms with Crippen LogP contribution in [0.1, 0.15) is 31.3 Å². The molecule has 1 aromatic rings. The van der Waals surface area contributed by atoms with Gasteiger partial charge >= 0.3 is 0 Å². The minimum absolute atomic E-state index is 0.00255. The molecule has 1 unspecified atom stereocenters. The fraction of sp³-hybridized carbons (Fsp3) is 0.667. The van der Waals surface area contributed by atoms with Gasteiger partial charge in [-0.3, -0.25) is 4.79 Å². The Morgan fingerprint density at radius 2 is 2.05 bits per heavy atom. The van der Waals surface area contributed by atoms with Gasteiger partial charge in [0.15, 0.2) is 0 Å². The zero-order valence-electron chi connectivity index (χ0n) is 13.1. The molecule has 114 valence electrons. The number of hydrogen-bond acceptors (Lipinski definition) is 4. The van der Waals surface area contributed by atoms with Crippen LogP contribution in [0.15, 0.2) is 16.5 Å². The van der Waals surface area contributed by atoms with Crippen LogP contribution in [0.4, 0.5) is 0 Å². The van der Waals surface area contributed by atoms with Crippen LogP contribution in [0, 0.1) is 6.92 Å². The quantitative estimate of drug-likeness (QED) is 0.786. The molecule has 1 aromatic heterocycles. The van der Waals surface area contributed by atoms with Crippen molar-refractivity contribution in [3.05, 3.63) is 23.7 Å². The Labute approximate surface area is 121 Å². The highest BCUT2D eigenvalue weighted by molar-refractivity contribution is 5.81. The van der Waals surface area contributed by atoms with Crippen LogP contribution in [-0.4, -0.2) is 48.9 Å². The van der Waals surface area contributed by atoms with Crippen LogP contribution in [0.2, 0.25) is 0 Å². The fourth-order valence-corrected chi connectivity index (χ4v) is 2.02. The van der Waals surface area contributed by atoms with Gasteiger partial charge in [0, 0.05) is 13.1 Å². The number of hydrogen-bond donors (Lipinski definition) is 1. The molecular formula is C15H27N3O2. The topological polar surface area (TPSA) is 62.7 Å². The Morgan fingerprint density at radius 1 is 1.35 bits per heavy atom. The summed E-state index contributed by atoms with van der Waals surface area (Å²) in [5, 5.41) is 0. The van der Waals surface area contributed by atoms with Crippen molar-refractivity contribution in [3.63, 3.8) is 0 Å². The Hall–Kier alpha value is -1.33. The van der Waals surface area contributed by atoms with E-state index in [0.29, 0.717) is 19.5 Å². The van der Waals surface area contributed by atoms with Crippen molar-refractivity contribution in [2.75, 3.05) is 27.2 Å². The van der Waals surface area contributed by atoms with E-state index < -0.39 is 6.04 Å². The minimum Gasteiger partial charge on any atom is -0.464 e. The first-order valence-electron chi connectivity index (χ1n) is 7.18. The second kappa shape index (κ2) is 8.07. The molecule has 0 bridgehead atoms. The number of nitrogens with zero attached hydrogens (tertiary/aromatic N) is 2. The molecule has 0 fully saturated rings. The first-order chi connectivity index (χ1) is 9.43. The highest BCUT2D eigenvalue weighted by Gasteiger charge is 2.21. The van der Waals surface area contributed by atoms with E-state index >= 15 is 0 Å². The van der Waals surface area contributed by atoms with Crippen LogP contribution in [-0.2, 0) is 11.3 Å². The second-order valence-corrected chi connectivity index (χ2v) is 5.47. The lowest BCUT2D eigenvalue weighted by Gasteiger charge is -2.26. The van der Waals surface area contributed by atoms with Crippen LogP contribution in [0.25, 0.3) is 0 Å². The SMILES string of the molecule is CCCC(N)C(=O)N(CCN(C)C)Cc1ccc(C)o1. The third kappa shape index (κ3) is 5.35. The van der Waals surface area contributed by atoms with Gasteiger partial charge in [0.1, 0.15) is 11.5 Å². The summed E-state index contributed by atoms with van der Waals surface area (Å²) in [4.78, 5) is 16.2. The van der Waals surface area contributed by atoms with Gasteiger partial charge < -0.3 is 20.0 Å². The average Bonchev–Trinajstić information content (AvgIpc) is 2.79. The molecule has 1 atom stereocenters. The van der Waals surface area contributed by atoms with Gasteiger partial charge in [-0.25, -0.2) is 0 Å². The van der Waals surface area contributed by atoms with Gasteiger partial charge in [0.05, 0.1) is 12.6 Å². The summed E-state index contributed by atoms with van der Waals surface area (Å²) < 4.78 is 5.56. The standard InChI is InChI=1S/C15H27N3O2/c1-5-6-14(16)15(19)18(10-9-17(3)4)11-13-8-7-12(2)20-13/h7-8,14H,5-6,9-11,16H2,1-4H3. The third-order valence-corrected chi connectivity index (χ3v) is 3.19. The smallest absolute Gasteiger partial charge is 0.239 e. The molecular weight excluding hydrogens is 254 g/mol. The van der Waals surface area contributed by atoms with Crippen LogP contribution in [0.3, 0.4) is 0 Å². The summed E-state index contributed by atoms with van der Waals surface area (Å²) in [6.07, 6.45) is 1.63. The molecule has 0 aliphatic rings. The summed E-state index contributed by atoms with van der Waals surface area (Å²) in [6.45, 7) is 5.89. The maximum absolute atomic E-state index is 12.4. The highest BCUT2D eigenvalue weighted by Crippen LogP contribution is 2.11. The predicted molar refractivity (Wildman–Crippen MR) is 80.3 cm³/mol. The summed E-state index contributed by atoms with van der Waals surface area (Å²) in [7, 11) is 3.98. The van der Waals surface area contributed by atoms with Gasteiger partial charge in [-0.15, -0.1) is 0 Å². The molecule has 0 spiro atoms. The number of carbonyl (C=O) groups excluding carboxylic acids is 1. The second-order valence-electron chi connectivity index (χ2n) is 5.47. The zero-order valence-corrected chi connectivity index (χ0v) is 13.1. The van der Waals surface area contributed by atoms with Crippen LogP contribution < -0.4 is 5.73 Å². The van der Waals surface area contributed by atoms with E-state index in [1.807, 2.05) is 40.1 Å². The summed E-state index contributed by atoms with van der Waals surface area (Å²) in [5.74, 6) is 1.67. The number of likely N-dealkylation sites (N-methyl/N-ethyl adjacent to an activating group) is 1. The summed E-state index contributed by atoms with van der Waals surface area (Å²) >= 11 is 0. The number of aryl methyl sites for hydroxylation is 1. The monoisotopic (exact) mass is 281 g/mol. The number of furan rings is 1. The molecule has 0 aromatic carbocycles. The molecule has 1 heterocycles. The Morgan fingerprint density at radius 3 is 2.55 bits per heavy atom. The first-order valence-corrected chi connectivity index (χ1v) is 7.18. The zero-order chi connectivity index (χ0) is 15.1. The van der Waals surface area contributed by atoms with E-state index in [-0.39, 0.29) is 5.91 Å². The molecule has 1 rings (SSSR count). The largest absolute Gasteiger partial charge is 0.464 e. The molecule has 20 heavy (non-hydrogen) atoms. The Kier molecular flexibility index (Phi) is 6.75. The normalized spacial score (nSPS) is 12.7. The maximum Gasteiger partial charge on any atom is 0.239 e. The van der Waals surface area contributed by atoms with E-state index in [1.54, 1.807) is 4.90 Å². The number of rotatable bonds is 8. The predicted octanol–water partition coefficient (Wildman–Crippen LogP) is 1.61. The molecule has 0 saturated heterocycles. The van der Waals surface area contributed by atoms with Gasteiger partial charge in [-0.1, -0.05) is 13.3 Å². The summed E-state index contributed by atoms with van der Waals surface area (Å²) in [5.41, 5.74) is 5.96. The lowest BCUT2D eigenvalue weighted by molar-refractivity contribution is -0.133. The van der Waals surface area contributed by atoms with Crippen molar-refractivity contribution in [2.45, 2.75) is 39.3 Å². The first kappa shape index (κ1) is 16.7. The van der Waals surface area contributed by atoms with Gasteiger partial charge in [0.25, 0.3) is 0 Å². The van der Waals surface area contributed by atoms with E-state index in [2.05, 4.69) is 4.90 Å².